The number of H-pyrrole nitrogens is 1. The van der Waals surface area contributed by atoms with Crippen molar-refractivity contribution >= 4 is 28.3 Å². The Labute approximate surface area is 147 Å². The summed E-state index contributed by atoms with van der Waals surface area (Å²) in [6.07, 6.45) is 6.03. The molecular formula is C21H24N2O2. The Morgan fingerprint density at radius 1 is 1.28 bits per heavy atom. The zero-order valence-electron chi connectivity index (χ0n) is 14.9. The molecule has 1 aromatic heterocycles. The monoisotopic (exact) mass is 336 g/mol. The van der Waals surface area contributed by atoms with Crippen molar-refractivity contribution in [3.63, 3.8) is 0 Å². The van der Waals surface area contributed by atoms with Crippen LogP contribution in [0.1, 0.15) is 61.1 Å². The fourth-order valence-corrected chi connectivity index (χ4v) is 4.34. The van der Waals surface area contributed by atoms with Crippen molar-refractivity contribution in [2.24, 2.45) is 0 Å². The maximum absolute atomic E-state index is 13.0. The van der Waals surface area contributed by atoms with E-state index >= 15 is 0 Å². The number of carbonyl (C=O) groups excluding carboxylic acids is 2. The molecule has 0 saturated heterocycles. The molecule has 1 aromatic carbocycles. The number of aryl methyl sites for hydroxylation is 1. The highest BCUT2D eigenvalue weighted by atomic mass is 16.2. The summed E-state index contributed by atoms with van der Waals surface area (Å²) in [5.41, 5.74) is 4.39. The Balaban J connectivity index is 1.98. The van der Waals surface area contributed by atoms with Crippen LogP contribution in [0.25, 0.3) is 10.9 Å². The summed E-state index contributed by atoms with van der Waals surface area (Å²) in [6, 6.07) is 4.21. The minimum absolute atomic E-state index is 0.139. The summed E-state index contributed by atoms with van der Waals surface area (Å²) in [7, 11) is 0. The van der Waals surface area contributed by atoms with Crippen LogP contribution in [0.2, 0.25) is 0 Å². The Hall–Kier alpha value is -2.36. The average Bonchev–Trinajstić information content (AvgIpc) is 2.98. The average molecular weight is 336 g/mol. The van der Waals surface area contributed by atoms with Gasteiger partial charge in [-0.3, -0.25) is 9.59 Å². The van der Waals surface area contributed by atoms with Crippen LogP contribution in [0.15, 0.2) is 24.8 Å². The van der Waals surface area contributed by atoms with Crippen molar-refractivity contribution in [3.8, 4) is 0 Å². The van der Waals surface area contributed by atoms with Gasteiger partial charge in [-0.05, 0) is 55.9 Å². The van der Waals surface area contributed by atoms with Crippen LogP contribution in [-0.2, 0) is 16.6 Å². The molecule has 0 saturated carbocycles. The van der Waals surface area contributed by atoms with E-state index in [1.54, 1.807) is 6.08 Å². The van der Waals surface area contributed by atoms with E-state index in [2.05, 4.69) is 30.6 Å². The zero-order valence-corrected chi connectivity index (χ0v) is 14.9. The quantitative estimate of drug-likeness (QED) is 0.672. The molecule has 0 bridgehead atoms. The molecule has 2 aliphatic rings. The Morgan fingerprint density at radius 3 is 2.76 bits per heavy atom. The number of anilines is 1. The molecule has 1 atom stereocenters. The highest BCUT2D eigenvalue weighted by molar-refractivity contribution is 6.11. The second kappa shape index (κ2) is 5.58. The van der Waals surface area contributed by atoms with E-state index in [0.29, 0.717) is 13.0 Å². The molecule has 4 nitrogen and oxygen atoms in total. The van der Waals surface area contributed by atoms with Gasteiger partial charge in [0.05, 0.1) is 11.1 Å². The maximum Gasteiger partial charge on any atom is 0.237 e. The van der Waals surface area contributed by atoms with Crippen molar-refractivity contribution in [2.75, 3.05) is 11.4 Å². The van der Waals surface area contributed by atoms with Gasteiger partial charge in [0.15, 0.2) is 5.78 Å². The molecule has 130 valence electrons. The van der Waals surface area contributed by atoms with Crippen molar-refractivity contribution < 1.29 is 9.59 Å². The Morgan fingerprint density at radius 2 is 2.04 bits per heavy atom. The number of nitrogens with zero attached hydrogens (tertiary/aromatic N) is 1. The first-order valence-corrected chi connectivity index (χ1v) is 9.16. The van der Waals surface area contributed by atoms with Crippen LogP contribution < -0.4 is 4.90 Å². The zero-order chi connectivity index (χ0) is 17.8. The van der Waals surface area contributed by atoms with Gasteiger partial charge in [0.2, 0.25) is 5.91 Å². The maximum atomic E-state index is 13.0. The fraction of sp³-hybridized carbons (Fsp3) is 0.429. The molecule has 1 aliphatic carbocycles. The molecule has 4 heteroatoms. The predicted octanol–water partition coefficient (Wildman–Crippen LogP) is 4.28. The molecule has 0 fully saturated rings. The summed E-state index contributed by atoms with van der Waals surface area (Å²) >= 11 is 0. The van der Waals surface area contributed by atoms with Crippen molar-refractivity contribution in [1.82, 2.24) is 4.98 Å². The van der Waals surface area contributed by atoms with E-state index in [1.807, 2.05) is 11.8 Å². The molecule has 25 heavy (non-hydrogen) atoms. The van der Waals surface area contributed by atoms with Crippen molar-refractivity contribution in [2.45, 2.75) is 51.4 Å². The number of fused-ring (bicyclic) bond motifs is 4. The fourth-order valence-electron chi connectivity index (χ4n) is 4.34. The number of amides is 1. The SMILES string of the molecule is C=CCN1C(=O)C(C)(CC)c2cc3[nH]c4c(c3cc21)CCCCC4=O. The van der Waals surface area contributed by atoms with E-state index in [0.717, 1.165) is 59.1 Å². The molecule has 0 radical (unpaired) electrons. The lowest BCUT2D eigenvalue weighted by Crippen LogP contribution is -2.37. The Kier molecular flexibility index (Phi) is 3.60. The number of hydrogen-bond donors (Lipinski definition) is 1. The first kappa shape index (κ1) is 16.1. The number of hydrogen-bond acceptors (Lipinski definition) is 2. The van der Waals surface area contributed by atoms with Crippen LogP contribution in [0.4, 0.5) is 5.69 Å². The second-order valence-electron chi connectivity index (χ2n) is 7.41. The summed E-state index contributed by atoms with van der Waals surface area (Å²) < 4.78 is 0. The third kappa shape index (κ3) is 2.13. The second-order valence-corrected chi connectivity index (χ2v) is 7.41. The summed E-state index contributed by atoms with van der Waals surface area (Å²) in [6.45, 7) is 8.39. The topological polar surface area (TPSA) is 53.2 Å². The lowest BCUT2D eigenvalue weighted by atomic mass is 9.81. The third-order valence-electron chi connectivity index (χ3n) is 6.00. The van der Waals surface area contributed by atoms with Gasteiger partial charge in [-0.1, -0.05) is 13.0 Å². The van der Waals surface area contributed by atoms with Gasteiger partial charge in [0.1, 0.15) is 0 Å². The number of aromatic amines is 1. The van der Waals surface area contributed by atoms with Crippen molar-refractivity contribution in [1.29, 1.82) is 0 Å². The number of nitrogens with one attached hydrogen (secondary N) is 1. The number of benzene rings is 1. The number of Topliss-reactive ketones (excluding diaryl/α,β-unsaturated/α-hetero) is 1. The van der Waals surface area contributed by atoms with E-state index in [-0.39, 0.29) is 11.7 Å². The molecule has 4 rings (SSSR count). The lowest BCUT2D eigenvalue weighted by Gasteiger charge is -2.22. The summed E-state index contributed by atoms with van der Waals surface area (Å²) in [5, 5.41) is 1.09. The van der Waals surface area contributed by atoms with Crippen LogP contribution in [-0.4, -0.2) is 23.2 Å². The molecule has 1 amide bonds. The molecular weight excluding hydrogens is 312 g/mol. The first-order chi connectivity index (χ1) is 12.0. The van der Waals surface area contributed by atoms with Gasteiger partial charge in [0, 0.05) is 29.6 Å². The smallest absolute Gasteiger partial charge is 0.237 e. The standard InChI is InChI=1S/C21H24N2O2/c1-4-10-23-17-11-14-13-8-6-7-9-18(24)19(13)22-16(14)12-15(17)21(3,5-2)20(23)25/h4,11-12,22H,1,5-10H2,2-3H3. The van der Waals surface area contributed by atoms with E-state index < -0.39 is 5.41 Å². The molecule has 2 heterocycles. The van der Waals surface area contributed by atoms with Gasteiger partial charge in [-0.15, -0.1) is 6.58 Å². The highest BCUT2D eigenvalue weighted by Gasteiger charge is 2.46. The van der Waals surface area contributed by atoms with E-state index in [4.69, 9.17) is 0 Å². The number of ketones is 1. The van der Waals surface area contributed by atoms with Crippen LogP contribution in [0.5, 0.6) is 0 Å². The third-order valence-corrected chi connectivity index (χ3v) is 6.00. The molecule has 1 aliphatic heterocycles. The number of rotatable bonds is 3. The van der Waals surface area contributed by atoms with Crippen LogP contribution in [0, 0.1) is 0 Å². The first-order valence-electron chi connectivity index (χ1n) is 9.16. The van der Waals surface area contributed by atoms with Crippen LogP contribution in [0.3, 0.4) is 0 Å². The minimum Gasteiger partial charge on any atom is -0.352 e. The minimum atomic E-state index is -0.515. The van der Waals surface area contributed by atoms with Gasteiger partial charge in [0.25, 0.3) is 0 Å². The molecule has 1 unspecified atom stereocenters. The van der Waals surface area contributed by atoms with Crippen molar-refractivity contribution in [3.05, 3.63) is 41.6 Å². The normalized spacial score (nSPS) is 22.9. The number of aromatic nitrogens is 1. The van der Waals surface area contributed by atoms with Crippen LogP contribution >= 0.6 is 0 Å². The van der Waals surface area contributed by atoms with E-state index in [9.17, 15) is 9.59 Å². The predicted molar refractivity (Wildman–Crippen MR) is 100 cm³/mol. The highest BCUT2D eigenvalue weighted by Crippen LogP contribution is 2.46. The molecule has 0 spiro atoms. The van der Waals surface area contributed by atoms with Gasteiger partial charge >= 0.3 is 0 Å². The van der Waals surface area contributed by atoms with Gasteiger partial charge < -0.3 is 9.88 Å². The van der Waals surface area contributed by atoms with E-state index in [1.165, 1.54) is 0 Å². The summed E-state index contributed by atoms with van der Waals surface area (Å²) in [5.74, 6) is 0.348. The van der Waals surface area contributed by atoms with Gasteiger partial charge in [-0.2, -0.15) is 0 Å². The lowest BCUT2D eigenvalue weighted by molar-refractivity contribution is -0.122. The largest absolute Gasteiger partial charge is 0.352 e. The molecule has 2 aromatic rings. The van der Waals surface area contributed by atoms with Gasteiger partial charge in [-0.25, -0.2) is 0 Å². The number of carbonyl (C=O) groups is 2. The summed E-state index contributed by atoms with van der Waals surface area (Å²) in [4.78, 5) is 30.6. The molecule has 1 N–H and O–H groups in total. The Bertz CT molecular complexity index is 908.